The molecule has 0 saturated heterocycles. The molecule has 1 unspecified atom stereocenters. The van der Waals surface area contributed by atoms with E-state index in [2.05, 4.69) is 18.7 Å². The molecule has 0 heterocycles. The van der Waals surface area contributed by atoms with E-state index in [-0.39, 0.29) is 0 Å². The fourth-order valence-corrected chi connectivity index (χ4v) is 2.75. The number of hydrogen-bond acceptors (Lipinski definition) is 3. The van der Waals surface area contributed by atoms with Crippen LogP contribution in [0.2, 0.25) is 0 Å². The summed E-state index contributed by atoms with van der Waals surface area (Å²) in [6.45, 7) is 7.18. The maximum atomic E-state index is 5.88. The number of rotatable bonds is 7. The molecule has 0 aliphatic heterocycles. The van der Waals surface area contributed by atoms with Gasteiger partial charge in [-0.2, -0.15) is 0 Å². The van der Waals surface area contributed by atoms with Crippen molar-refractivity contribution in [3.8, 4) is 0 Å². The van der Waals surface area contributed by atoms with E-state index >= 15 is 0 Å². The lowest BCUT2D eigenvalue weighted by molar-refractivity contribution is 0.0570. The number of ether oxygens (including phenoxy) is 1. The average Bonchev–Trinajstić information content (AvgIpc) is 2.76. The van der Waals surface area contributed by atoms with E-state index in [4.69, 9.17) is 10.5 Å². The van der Waals surface area contributed by atoms with Gasteiger partial charge in [0.15, 0.2) is 0 Å². The molecular weight excluding hydrogens is 200 g/mol. The van der Waals surface area contributed by atoms with Gasteiger partial charge in [-0.15, -0.1) is 0 Å². The Morgan fingerprint density at radius 1 is 1.31 bits per heavy atom. The average molecular weight is 228 g/mol. The van der Waals surface area contributed by atoms with E-state index in [9.17, 15) is 0 Å². The topological polar surface area (TPSA) is 38.5 Å². The number of nitrogens with zero attached hydrogens (tertiary/aromatic N) is 1. The van der Waals surface area contributed by atoms with E-state index in [0.717, 1.165) is 19.2 Å². The van der Waals surface area contributed by atoms with Gasteiger partial charge in [-0.1, -0.05) is 26.7 Å². The predicted molar refractivity (Wildman–Crippen MR) is 68.5 cm³/mol. The summed E-state index contributed by atoms with van der Waals surface area (Å²) in [5.41, 5.74) is 5.88. The largest absolute Gasteiger partial charge is 0.383 e. The van der Waals surface area contributed by atoms with E-state index < -0.39 is 0 Å². The van der Waals surface area contributed by atoms with Crippen molar-refractivity contribution in [3.63, 3.8) is 0 Å². The second kappa shape index (κ2) is 7.25. The summed E-state index contributed by atoms with van der Waals surface area (Å²) in [6, 6.07) is 1.14. The zero-order chi connectivity index (χ0) is 12.0. The van der Waals surface area contributed by atoms with Crippen LogP contribution in [0.1, 0.15) is 39.5 Å². The molecule has 0 amide bonds. The van der Waals surface area contributed by atoms with Gasteiger partial charge in [-0.25, -0.2) is 0 Å². The summed E-state index contributed by atoms with van der Waals surface area (Å²) in [5, 5.41) is 0. The van der Waals surface area contributed by atoms with Gasteiger partial charge in [0.2, 0.25) is 0 Å². The molecule has 3 heteroatoms. The molecule has 0 radical (unpaired) electrons. The van der Waals surface area contributed by atoms with Gasteiger partial charge >= 0.3 is 0 Å². The number of nitrogens with two attached hydrogens (primary N) is 1. The maximum Gasteiger partial charge on any atom is 0.0630 e. The molecule has 0 spiro atoms. The highest BCUT2D eigenvalue weighted by molar-refractivity contribution is 4.84. The molecule has 3 nitrogen and oxygen atoms in total. The Labute approximate surface area is 100 Å². The lowest BCUT2D eigenvalue weighted by atomic mass is 10.1. The Bertz CT molecular complexity index is 179. The molecule has 0 aromatic rings. The minimum absolute atomic E-state index is 0.399. The molecule has 0 aromatic carbocycles. The first-order chi connectivity index (χ1) is 7.69. The smallest absolute Gasteiger partial charge is 0.0630 e. The zero-order valence-corrected chi connectivity index (χ0v) is 11.1. The predicted octanol–water partition coefficient (Wildman–Crippen LogP) is 1.86. The SMILES string of the molecule is COCC(CN)N(CC(C)C)C1CCCC1. The Morgan fingerprint density at radius 2 is 1.94 bits per heavy atom. The van der Waals surface area contributed by atoms with Crippen LogP contribution in [0.15, 0.2) is 0 Å². The first kappa shape index (κ1) is 13.9. The molecule has 0 aromatic heterocycles. The third-order valence-electron chi connectivity index (χ3n) is 3.47. The van der Waals surface area contributed by atoms with Crippen LogP contribution in [-0.4, -0.2) is 43.8 Å². The Kier molecular flexibility index (Phi) is 6.32. The quantitative estimate of drug-likeness (QED) is 0.723. The van der Waals surface area contributed by atoms with Crippen molar-refractivity contribution in [1.29, 1.82) is 0 Å². The van der Waals surface area contributed by atoms with Crippen LogP contribution < -0.4 is 5.73 Å². The number of methoxy groups -OCH3 is 1. The van der Waals surface area contributed by atoms with Crippen LogP contribution in [0.4, 0.5) is 0 Å². The standard InChI is InChI=1S/C13H28N2O/c1-11(2)9-15(12-6-4-5-7-12)13(8-14)10-16-3/h11-13H,4-10,14H2,1-3H3. The summed E-state index contributed by atoms with van der Waals surface area (Å²) in [5.74, 6) is 0.700. The van der Waals surface area contributed by atoms with Gasteiger partial charge in [0.05, 0.1) is 6.61 Å². The lowest BCUT2D eigenvalue weighted by Crippen LogP contribution is -2.49. The van der Waals surface area contributed by atoms with Crippen LogP contribution in [0.3, 0.4) is 0 Å². The summed E-state index contributed by atoms with van der Waals surface area (Å²) >= 11 is 0. The minimum atomic E-state index is 0.399. The van der Waals surface area contributed by atoms with Gasteiger partial charge < -0.3 is 10.5 Å². The van der Waals surface area contributed by atoms with E-state index in [1.807, 2.05) is 0 Å². The monoisotopic (exact) mass is 228 g/mol. The molecular formula is C13H28N2O. The Balaban J connectivity index is 2.59. The van der Waals surface area contributed by atoms with Crippen LogP contribution in [0, 0.1) is 5.92 Å². The van der Waals surface area contributed by atoms with Crippen molar-refractivity contribution in [2.45, 2.75) is 51.6 Å². The van der Waals surface area contributed by atoms with Gasteiger partial charge in [-0.3, -0.25) is 4.90 Å². The lowest BCUT2D eigenvalue weighted by Gasteiger charge is -2.36. The van der Waals surface area contributed by atoms with Crippen LogP contribution in [-0.2, 0) is 4.74 Å². The molecule has 2 N–H and O–H groups in total. The molecule has 1 saturated carbocycles. The fourth-order valence-electron chi connectivity index (χ4n) is 2.75. The minimum Gasteiger partial charge on any atom is -0.383 e. The van der Waals surface area contributed by atoms with Crippen LogP contribution in [0.5, 0.6) is 0 Å². The van der Waals surface area contributed by atoms with Gasteiger partial charge in [0, 0.05) is 32.3 Å². The van der Waals surface area contributed by atoms with Crippen molar-refractivity contribution >= 4 is 0 Å². The first-order valence-electron chi connectivity index (χ1n) is 6.63. The van der Waals surface area contributed by atoms with E-state index in [1.165, 1.54) is 25.7 Å². The Hall–Kier alpha value is -0.120. The van der Waals surface area contributed by atoms with Crippen molar-refractivity contribution in [3.05, 3.63) is 0 Å². The van der Waals surface area contributed by atoms with Crippen molar-refractivity contribution < 1.29 is 4.74 Å². The van der Waals surface area contributed by atoms with E-state index in [1.54, 1.807) is 7.11 Å². The second-order valence-electron chi connectivity index (χ2n) is 5.37. The molecule has 1 aliphatic rings. The Morgan fingerprint density at radius 3 is 2.38 bits per heavy atom. The molecule has 16 heavy (non-hydrogen) atoms. The molecule has 1 rings (SSSR count). The second-order valence-corrected chi connectivity index (χ2v) is 5.37. The third-order valence-corrected chi connectivity index (χ3v) is 3.47. The van der Waals surface area contributed by atoms with Crippen molar-refractivity contribution in [1.82, 2.24) is 4.90 Å². The summed E-state index contributed by atoms with van der Waals surface area (Å²) in [4.78, 5) is 2.60. The summed E-state index contributed by atoms with van der Waals surface area (Å²) < 4.78 is 5.30. The zero-order valence-electron chi connectivity index (χ0n) is 11.1. The normalized spacial score (nSPS) is 19.9. The highest BCUT2D eigenvalue weighted by atomic mass is 16.5. The third kappa shape index (κ3) is 4.04. The summed E-state index contributed by atoms with van der Waals surface area (Å²) in [6.07, 6.45) is 5.44. The molecule has 1 atom stereocenters. The maximum absolute atomic E-state index is 5.88. The van der Waals surface area contributed by atoms with Gasteiger partial charge in [0.25, 0.3) is 0 Å². The van der Waals surface area contributed by atoms with Gasteiger partial charge in [-0.05, 0) is 18.8 Å². The highest BCUT2D eigenvalue weighted by Gasteiger charge is 2.28. The molecule has 1 aliphatic carbocycles. The van der Waals surface area contributed by atoms with Gasteiger partial charge in [0.1, 0.15) is 0 Å². The first-order valence-corrected chi connectivity index (χ1v) is 6.63. The van der Waals surface area contributed by atoms with Crippen molar-refractivity contribution in [2.24, 2.45) is 11.7 Å². The van der Waals surface area contributed by atoms with Crippen LogP contribution >= 0.6 is 0 Å². The van der Waals surface area contributed by atoms with Crippen LogP contribution in [0.25, 0.3) is 0 Å². The van der Waals surface area contributed by atoms with Crippen molar-refractivity contribution in [2.75, 3.05) is 26.8 Å². The summed E-state index contributed by atoms with van der Waals surface area (Å²) in [7, 11) is 1.77. The number of hydrogen-bond donors (Lipinski definition) is 1. The molecule has 0 bridgehead atoms. The fraction of sp³-hybridized carbons (Fsp3) is 1.00. The molecule has 1 fully saturated rings. The van der Waals surface area contributed by atoms with E-state index in [0.29, 0.717) is 18.5 Å². The molecule has 96 valence electrons. The highest BCUT2D eigenvalue weighted by Crippen LogP contribution is 2.25.